The van der Waals surface area contributed by atoms with E-state index in [1.807, 2.05) is 11.4 Å². The van der Waals surface area contributed by atoms with Gasteiger partial charge in [0.1, 0.15) is 11.3 Å². The third-order valence-corrected chi connectivity index (χ3v) is 4.62. The quantitative estimate of drug-likeness (QED) is 0.375. The summed E-state index contributed by atoms with van der Waals surface area (Å²) in [5, 5.41) is 15.7. The number of carbonyl (C=O) groups excluding carboxylic acids is 2. The number of para-hydroxylation sites is 1. The van der Waals surface area contributed by atoms with Gasteiger partial charge >= 0.3 is 12.1 Å². The molecule has 0 radical (unpaired) electrons. The number of nitrogens with zero attached hydrogens (tertiary/aromatic N) is 3. The number of halogens is 2. The Morgan fingerprint density at radius 3 is 2.73 bits per heavy atom. The van der Waals surface area contributed by atoms with Gasteiger partial charge in [0, 0.05) is 18.0 Å². The molecule has 1 aliphatic rings. The van der Waals surface area contributed by atoms with Crippen LogP contribution in [0, 0.1) is 10.1 Å². The van der Waals surface area contributed by atoms with Gasteiger partial charge in [-0.2, -0.15) is 0 Å². The molecule has 0 aromatic heterocycles. The largest absolute Gasteiger partial charge is 0.424 e. The molecule has 12 heteroatoms. The molecular formula is C18H13BrClN5O5. The average molecular weight is 495 g/mol. The molecule has 0 bridgehead atoms. The number of urea groups is 1. The standard InChI is InChI=1S/C18H13BrClN5O5/c19-24-9-3-8-21-18(24)30-15-7-6-11(10-13(15)20)22-17(27)23-16(26)12-4-1-2-5-14(12)25(28)29/h1-8,10H,9H2,(H2,22,23,26,27). The van der Waals surface area contributed by atoms with Gasteiger partial charge in [0.25, 0.3) is 11.6 Å². The number of benzene rings is 2. The molecule has 2 N–H and O–H groups in total. The molecule has 2 aromatic rings. The van der Waals surface area contributed by atoms with Gasteiger partial charge in [-0.3, -0.25) is 24.2 Å². The number of hydrogen-bond donors (Lipinski definition) is 2. The number of amides is 3. The van der Waals surface area contributed by atoms with Crippen LogP contribution in [-0.4, -0.2) is 33.4 Å². The van der Waals surface area contributed by atoms with Crippen LogP contribution in [0.1, 0.15) is 10.4 Å². The number of amidine groups is 1. The molecule has 0 fully saturated rings. The molecule has 3 rings (SSSR count). The minimum absolute atomic E-state index is 0.191. The molecule has 3 amide bonds. The van der Waals surface area contributed by atoms with Gasteiger partial charge in [0.15, 0.2) is 0 Å². The van der Waals surface area contributed by atoms with Gasteiger partial charge in [-0.15, -0.1) is 0 Å². The predicted molar refractivity (Wildman–Crippen MR) is 114 cm³/mol. The predicted octanol–water partition coefficient (Wildman–Crippen LogP) is 4.08. The first-order valence-corrected chi connectivity index (χ1v) is 9.43. The van der Waals surface area contributed by atoms with Crippen LogP contribution in [0.3, 0.4) is 0 Å². The monoisotopic (exact) mass is 493 g/mol. The summed E-state index contributed by atoms with van der Waals surface area (Å²) in [5.41, 5.74) is -0.365. The number of nitro benzene ring substituents is 1. The summed E-state index contributed by atoms with van der Waals surface area (Å²) in [5.74, 6) is -0.608. The third-order valence-electron chi connectivity index (χ3n) is 3.73. The lowest BCUT2D eigenvalue weighted by atomic mass is 10.1. The molecule has 154 valence electrons. The van der Waals surface area contributed by atoms with Crippen molar-refractivity contribution in [3.05, 3.63) is 75.4 Å². The Morgan fingerprint density at radius 1 is 1.27 bits per heavy atom. The summed E-state index contributed by atoms with van der Waals surface area (Å²) in [6.45, 7) is 0.559. The van der Waals surface area contributed by atoms with Crippen molar-refractivity contribution in [2.75, 3.05) is 11.9 Å². The smallest absolute Gasteiger partial charge is 0.326 e. The van der Waals surface area contributed by atoms with Gasteiger partial charge in [0.05, 0.1) is 32.6 Å². The van der Waals surface area contributed by atoms with Crippen LogP contribution < -0.4 is 15.4 Å². The van der Waals surface area contributed by atoms with E-state index in [0.29, 0.717) is 12.3 Å². The van der Waals surface area contributed by atoms with Crippen molar-refractivity contribution in [3.63, 3.8) is 0 Å². The first kappa shape index (κ1) is 21.3. The molecule has 0 atom stereocenters. The number of carbonyl (C=O) groups is 2. The Balaban J connectivity index is 1.65. The first-order chi connectivity index (χ1) is 14.3. The summed E-state index contributed by atoms with van der Waals surface area (Å²) in [6.07, 6.45) is 3.41. The van der Waals surface area contributed by atoms with E-state index in [4.69, 9.17) is 16.3 Å². The zero-order valence-corrected chi connectivity index (χ0v) is 17.4. The molecule has 10 nitrogen and oxygen atoms in total. The Hall–Kier alpha value is -3.44. The van der Waals surface area contributed by atoms with Crippen LogP contribution in [0.2, 0.25) is 5.02 Å². The lowest BCUT2D eigenvalue weighted by Crippen LogP contribution is -2.34. The lowest BCUT2D eigenvalue weighted by molar-refractivity contribution is -0.385. The maximum Gasteiger partial charge on any atom is 0.326 e. The van der Waals surface area contributed by atoms with Gasteiger partial charge in [-0.25, -0.2) is 9.79 Å². The molecule has 0 saturated carbocycles. The molecule has 0 aliphatic carbocycles. The van der Waals surface area contributed by atoms with Crippen LogP contribution in [0.5, 0.6) is 5.75 Å². The van der Waals surface area contributed by atoms with E-state index >= 15 is 0 Å². The van der Waals surface area contributed by atoms with Crippen LogP contribution in [-0.2, 0) is 0 Å². The molecule has 0 saturated heterocycles. The van der Waals surface area contributed by atoms with Crippen molar-refractivity contribution in [2.45, 2.75) is 0 Å². The normalized spacial score (nSPS) is 12.7. The van der Waals surface area contributed by atoms with Crippen molar-refractivity contribution in [1.82, 2.24) is 9.24 Å². The molecular weight excluding hydrogens is 482 g/mol. The summed E-state index contributed by atoms with van der Waals surface area (Å²) >= 11 is 9.48. The Kier molecular flexibility index (Phi) is 6.65. The summed E-state index contributed by atoms with van der Waals surface area (Å²) in [4.78, 5) is 38.7. The van der Waals surface area contributed by atoms with Crippen molar-refractivity contribution >= 4 is 57.1 Å². The van der Waals surface area contributed by atoms with Crippen LogP contribution in [0.15, 0.2) is 59.7 Å². The van der Waals surface area contributed by atoms with Crippen LogP contribution >= 0.6 is 27.7 Å². The third kappa shape index (κ3) is 5.13. The molecule has 0 spiro atoms. The summed E-state index contributed by atoms with van der Waals surface area (Å²) in [6, 6.07) is 9.15. The topological polar surface area (TPSA) is 126 Å². The highest BCUT2D eigenvalue weighted by Gasteiger charge is 2.21. The highest BCUT2D eigenvalue weighted by atomic mass is 79.9. The second kappa shape index (κ2) is 9.37. The number of nitrogens with one attached hydrogen (secondary N) is 2. The van der Waals surface area contributed by atoms with Crippen LogP contribution in [0.4, 0.5) is 16.2 Å². The van der Waals surface area contributed by atoms with E-state index in [0.717, 1.165) is 0 Å². The number of aliphatic imine (C=N–C) groups is 1. The minimum Gasteiger partial charge on any atom is -0.424 e. The minimum atomic E-state index is -0.911. The summed E-state index contributed by atoms with van der Waals surface area (Å²) in [7, 11) is 0. The van der Waals surface area contributed by atoms with E-state index in [1.165, 1.54) is 42.5 Å². The Morgan fingerprint density at radius 2 is 2.03 bits per heavy atom. The number of nitro groups is 1. The Bertz CT molecular complexity index is 1070. The molecule has 0 unspecified atom stereocenters. The maximum atomic E-state index is 12.2. The second-order valence-electron chi connectivity index (χ2n) is 5.77. The van der Waals surface area contributed by atoms with E-state index in [-0.39, 0.29) is 22.3 Å². The van der Waals surface area contributed by atoms with E-state index in [1.54, 1.807) is 10.1 Å². The average Bonchev–Trinajstić information content (AvgIpc) is 2.71. The van der Waals surface area contributed by atoms with E-state index in [2.05, 4.69) is 26.5 Å². The zero-order chi connectivity index (χ0) is 21.7. The molecule has 30 heavy (non-hydrogen) atoms. The molecule has 2 aromatic carbocycles. The second-order valence-corrected chi connectivity index (χ2v) is 7.03. The number of anilines is 1. The maximum absolute atomic E-state index is 12.2. The molecule has 1 aliphatic heterocycles. The van der Waals surface area contributed by atoms with Crippen molar-refractivity contribution in [3.8, 4) is 5.75 Å². The highest BCUT2D eigenvalue weighted by Crippen LogP contribution is 2.29. The van der Waals surface area contributed by atoms with Crippen LogP contribution in [0.25, 0.3) is 0 Å². The fraction of sp³-hybridized carbons (Fsp3) is 0.0556. The van der Waals surface area contributed by atoms with Crippen molar-refractivity contribution in [1.29, 1.82) is 0 Å². The summed E-state index contributed by atoms with van der Waals surface area (Å²) < 4.78 is 7.21. The Labute approximate surface area is 183 Å². The zero-order valence-electron chi connectivity index (χ0n) is 15.0. The SMILES string of the molecule is O=C(NC(=O)c1ccccc1[N+](=O)[O-])Nc1ccc(OC2=NC=CCN2Br)c(Cl)c1. The highest BCUT2D eigenvalue weighted by molar-refractivity contribution is 9.07. The molecule has 1 heterocycles. The van der Waals surface area contributed by atoms with Gasteiger partial charge in [-0.05, 0) is 30.3 Å². The van der Waals surface area contributed by atoms with E-state index < -0.39 is 22.5 Å². The number of hydrogen-bond acceptors (Lipinski definition) is 7. The number of imide groups is 1. The van der Waals surface area contributed by atoms with Gasteiger partial charge in [0.2, 0.25) is 0 Å². The van der Waals surface area contributed by atoms with Crippen molar-refractivity contribution < 1.29 is 19.2 Å². The number of rotatable bonds is 4. The number of ether oxygens (including phenoxy) is 1. The van der Waals surface area contributed by atoms with Gasteiger partial charge < -0.3 is 10.1 Å². The van der Waals surface area contributed by atoms with Gasteiger partial charge in [-0.1, -0.05) is 23.7 Å². The lowest BCUT2D eigenvalue weighted by Gasteiger charge is -2.19. The van der Waals surface area contributed by atoms with E-state index in [9.17, 15) is 19.7 Å². The fourth-order valence-electron chi connectivity index (χ4n) is 2.39. The first-order valence-electron chi connectivity index (χ1n) is 8.34. The fourth-order valence-corrected chi connectivity index (χ4v) is 2.94. The van der Waals surface area contributed by atoms with Crippen molar-refractivity contribution in [2.24, 2.45) is 4.99 Å².